The number of pyridine rings is 1. The molecule has 21 heavy (non-hydrogen) atoms. The standard InChI is InChI=1S/C15H15NO5/c1-20-12-6-5-10(8-13(12)21-2)15(19,14(17)18)11-4-3-7-16-9-11/h3-9,19H,1-2H3,(H,17,18)/t15-/m0/s1. The van der Waals surface area contributed by atoms with Gasteiger partial charge in [0.05, 0.1) is 14.2 Å². The number of aromatic nitrogens is 1. The number of carbonyl (C=O) groups is 1. The molecule has 1 atom stereocenters. The van der Waals surface area contributed by atoms with Crippen molar-refractivity contribution in [3.05, 3.63) is 53.9 Å². The number of methoxy groups -OCH3 is 2. The van der Waals surface area contributed by atoms with Gasteiger partial charge in [0.1, 0.15) is 0 Å². The van der Waals surface area contributed by atoms with Crippen molar-refractivity contribution >= 4 is 5.97 Å². The van der Waals surface area contributed by atoms with E-state index in [1.54, 1.807) is 12.1 Å². The maximum Gasteiger partial charge on any atom is 0.345 e. The van der Waals surface area contributed by atoms with Crippen LogP contribution < -0.4 is 9.47 Å². The Bertz CT molecular complexity index is 644. The number of ether oxygens (including phenoxy) is 2. The number of aliphatic carboxylic acids is 1. The number of hydrogen-bond acceptors (Lipinski definition) is 5. The summed E-state index contributed by atoms with van der Waals surface area (Å²) in [4.78, 5) is 15.5. The van der Waals surface area contributed by atoms with E-state index in [0.29, 0.717) is 11.5 Å². The average molecular weight is 289 g/mol. The first-order chi connectivity index (χ1) is 10.0. The highest BCUT2D eigenvalue weighted by Crippen LogP contribution is 2.35. The highest BCUT2D eigenvalue weighted by atomic mass is 16.5. The Morgan fingerprint density at radius 3 is 2.38 bits per heavy atom. The zero-order valence-corrected chi connectivity index (χ0v) is 11.6. The highest BCUT2D eigenvalue weighted by Gasteiger charge is 2.41. The molecule has 2 N–H and O–H groups in total. The number of hydrogen-bond donors (Lipinski definition) is 2. The van der Waals surface area contributed by atoms with Gasteiger partial charge in [-0.05, 0) is 18.2 Å². The molecule has 0 radical (unpaired) electrons. The third-order valence-electron chi connectivity index (χ3n) is 3.19. The summed E-state index contributed by atoms with van der Waals surface area (Å²) < 4.78 is 10.2. The Kier molecular flexibility index (Phi) is 4.09. The van der Waals surface area contributed by atoms with Crippen molar-refractivity contribution in [1.29, 1.82) is 0 Å². The van der Waals surface area contributed by atoms with Crippen LogP contribution in [0, 0.1) is 0 Å². The summed E-state index contributed by atoms with van der Waals surface area (Å²) >= 11 is 0. The molecule has 0 saturated heterocycles. The summed E-state index contributed by atoms with van der Waals surface area (Å²) in [6.07, 6.45) is 2.81. The third kappa shape index (κ3) is 2.53. The van der Waals surface area contributed by atoms with Gasteiger partial charge in [-0.1, -0.05) is 12.1 Å². The molecule has 2 aromatic rings. The Morgan fingerprint density at radius 2 is 1.86 bits per heavy atom. The minimum atomic E-state index is -2.21. The molecule has 0 amide bonds. The van der Waals surface area contributed by atoms with Gasteiger partial charge in [-0.25, -0.2) is 4.79 Å². The molecule has 110 valence electrons. The summed E-state index contributed by atoms with van der Waals surface area (Å²) in [5, 5.41) is 20.2. The van der Waals surface area contributed by atoms with Gasteiger partial charge in [0.15, 0.2) is 11.5 Å². The maximum atomic E-state index is 11.6. The van der Waals surface area contributed by atoms with Gasteiger partial charge in [0.25, 0.3) is 0 Å². The first-order valence-electron chi connectivity index (χ1n) is 6.12. The van der Waals surface area contributed by atoms with Gasteiger partial charge in [-0.3, -0.25) is 4.98 Å². The highest BCUT2D eigenvalue weighted by molar-refractivity contribution is 5.83. The second-order valence-corrected chi connectivity index (χ2v) is 4.33. The van der Waals surface area contributed by atoms with Gasteiger partial charge in [-0.15, -0.1) is 0 Å². The van der Waals surface area contributed by atoms with Crippen molar-refractivity contribution in [1.82, 2.24) is 4.98 Å². The number of carboxylic acids is 1. The molecule has 1 aromatic carbocycles. The van der Waals surface area contributed by atoms with Gasteiger partial charge in [-0.2, -0.15) is 0 Å². The van der Waals surface area contributed by atoms with Crippen molar-refractivity contribution in [2.45, 2.75) is 5.60 Å². The molecule has 6 heteroatoms. The largest absolute Gasteiger partial charge is 0.493 e. The number of rotatable bonds is 5. The molecular weight excluding hydrogens is 274 g/mol. The summed E-state index contributed by atoms with van der Waals surface area (Å²) in [6, 6.07) is 7.50. The average Bonchev–Trinajstić information content (AvgIpc) is 2.53. The smallest absolute Gasteiger partial charge is 0.345 e. The number of aliphatic hydroxyl groups is 1. The molecule has 0 aliphatic carbocycles. The van der Waals surface area contributed by atoms with Gasteiger partial charge >= 0.3 is 5.97 Å². The predicted octanol–water partition coefficient (Wildman–Crippen LogP) is 1.42. The summed E-state index contributed by atoms with van der Waals surface area (Å²) in [5.41, 5.74) is -1.90. The van der Waals surface area contributed by atoms with Crippen LogP contribution in [0.1, 0.15) is 11.1 Å². The van der Waals surface area contributed by atoms with E-state index in [0.717, 1.165) is 0 Å². The predicted molar refractivity (Wildman–Crippen MR) is 74.4 cm³/mol. The van der Waals surface area contributed by atoms with Crippen LogP contribution in [0.5, 0.6) is 11.5 Å². The van der Waals surface area contributed by atoms with Crippen molar-refractivity contribution in [2.24, 2.45) is 0 Å². The molecule has 0 spiro atoms. The van der Waals surface area contributed by atoms with Crippen LogP contribution in [-0.2, 0) is 10.4 Å². The van der Waals surface area contributed by atoms with Crippen LogP contribution in [0.4, 0.5) is 0 Å². The fourth-order valence-electron chi connectivity index (χ4n) is 2.05. The molecule has 6 nitrogen and oxygen atoms in total. The van der Waals surface area contributed by atoms with Crippen LogP contribution in [0.25, 0.3) is 0 Å². The monoisotopic (exact) mass is 289 g/mol. The minimum absolute atomic E-state index is 0.153. The molecule has 0 aliphatic rings. The molecule has 0 unspecified atom stereocenters. The topological polar surface area (TPSA) is 88.9 Å². The van der Waals surface area contributed by atoms with Crippen LogP contribution in [0.15, 0.2) is 42.7 Å². The molecular formula is C15H15NO5. The fourth-order valence-corrected chi connectivity index (χ4v) is 2.05. The van der Waals surface area contributed by atoms with E-state index in [2.05, 4.69) is 4.98 Å². The lowest BCUT2D eigenvalue weighted by molar-refractivity contribution is -0.155. The van der Waals surface area contributed by atoms with E-state index in [9.17, 15) is 15.0 Å². The normalized spacial score (nSPS) is 13.3. The lowest BCUT2D eigenvalue weighted by Crippen LogP contribution is -2.36. The number of carboxylic acid groups (broad SMARTS) is 1. The van der Waals surface area contributed by atoms with Crippen molar-refractivity contribution in [2.75, 3.05) is 14.2 Å². The van der Waals surface area contributed by atoms with Crippen molar-refractivity contribution in [3.63, 3.8) is 0 Å². The first-order valence-corrected chi connectivity index (χ1v) is 6.12. The van der Waals surface area contributed by atoms with Crippen LogP contribution in [-0.4, -0.2) is 35.4 Å². The second-order valence-electron chi connectivity index (χ2n) is 4.33. The minimum Gasteiger partial charge on any atom is -0.493 e. The molecule has 1 aromatic heterocycles. The van der Waals surface area contributed by atoms with Gasteiger partial charge < -0.3 is 19.7 Å². The van der Waals surface area contributed by atoms with Gasteiger partial charge in [0, 0.05) is 23.5 Å². The van der Waals surface area contributed by atoms with E-state index in [-0.39, 0.29) is 11.1 Å². The van der Waals surface area contributed by atoms with E-state index in [1.165, 1.54) is 44.8 Å². The Labute approximate surface area is 121 Å². The Hall–Kier alpha value is -2.60. The quantitative estimate of drug-likeness (QED) is 0.865. The molecule has 1 heterocycles. The molecule has 0 aliphatic heterocycles. The van der Waals surface area contributed by atoms with E-state index in [1.807, 2.05) is 0 Å². The van der Waals surface area contributed by atoms with Crippen LogP contribution in [0.2, 0.25) is 0 Å². The molecule has 0 bridgehead atoms. The summed E-state index contributed by atoms with van der Waals surface area (Å²) in [5.74, 6) is -0.624. The second kappa shape index (κ2) is 5.80. The van der Waals surface area contributed by atoms with E-state index >= 15 is 0 Å². The zero-order valence-electron chi connectivity index (χ0n) is 11.6. The lowest BCUT2D eigenvalue weighted by atomic mass is 9.87. The number of nitrogens with zero attached hydrogens (tertiary/aromatic N) is 1. The maximum absolute atomic E-state index is 11.6. The molecule has 0 saturated carbocycles. The van der Waals surface area contributed by atoms with Crippen LogP contribution >= 0.6 is 0 Å². The SMILES string of the molecule is COc1ccc([C@@](O)(C(=O)O)c2cccnc2)cc1OC. The molecule has 2 rings (SSSR count). The fraction of sp³-hybridized carbons (Fsp3) is 0.200. The third-order valence-corrected chi connectivity index (χ3v) is 3.19. The van der Waals surface area contributed by atoms with Crippen molar-refractivity contribution in [3.8, 4) is 11.5 Å². The summed E-state index contributed by atoms with van der Waals surface area (Å²) in [6.45, 7) is 0. The Morgan fingerprint density at radius 1 is 1.14 bits per heavy atom. The van der Waals surface area contributed by atoms with E-state index < -0.39 is 11.6 Å². The van der Waals surface area contributed by atoms with Gasteiger partial charge in [0.2, 0.25) is 5.60 Å². The first kappa shape index (κ1) is 14.8. The van der Waals surface area contributed by atoms with Crippen LogP contribution in [0.3, 0.4) is 0 Å². The lowest BCUT2D eigenvalue weighted by Gasteiger charge is -2.24. The Balaban J connectivity index is 2.61. The molecule has 0 fully saturated rings. The zero-order chi connectivity index (χ0) is 15.5. The summed E-state index contributed by atoms with van der Waals surface area (Å²) in [7, 11) is 2.91. The van der Waals surface area contributed by atoms with E-state index in [4.69, 9.17) is 9.47 Å². The number of benzene rings is 1. The van der Waals surface area contributed by atoms with Crippen molar-refractivity contribution < 1.29 is 24.5 Å².